The molecule has 1 unspecified atom stereocenters. The summed E-state index contributed by atoms with van der Waals surface area (Å²) in [5.41, 5.74) is 0.432. The zero-order valence-corrected chi connectivity index (χ0v) is 13.5. The number of carbonyl (C=O) groups is 2. The number of rotatable bonds is 7. The summed E-state index contributed by atoms with van der Waals surface area (Å²) in [6.45, 7) is 4.76. The molecule has 0 fully saturated rings. The summed E-state index contributed by atoms with van der Waals surface area (Å²) >= 11 is 0. The van der Waals surface area contributed by atoms with Gasteiger partial charge in [0.2, 0.25) is 0 Å². The van der Waals surface area contributed by atoms with Crippen LogP contribution in [0.15, 0.2) is 42.2 Å². The van der Waals surface area contributed by atoms with E-state index in [1.165, 1.54) is 6.26 Å². The van der Waals surface area contributed by atoms with Crippen LogP contribution in [0.3, 0.4) is 0 Å². The Hall–Kier alpha value is -2.14. The van der Waals surface area contributed by atoms with E-state index in [0.29, 0.717) is 19.6 Å². The molecule has 0 radical (unpaired) electrons. The molecule has 1 aliphatic rings. The Kier molecular flexibility index (Phi) is 5.93. The van der Waals surface area contributed by atoms with Gasteiger partial charge in [-0.25, -0.2) is 4.79 Å². The molecule has 0 aliphatic carbocycles. The Bertz CT molecular complexity index is 578. The Labute approximate surface area is 136 Å². The number of hydrogen-bond acceptors (Lipinski definition) is 5. The highest BCUT2D eigenvalue weighted by Crippen LogP contribution is 2.28. The van der Waals surface area contributed by atoms with Crippen LogP contribution in [0.5, 0.6) is 0 Å². The van der Waals surface area contributed by atoms with Gasteiger partial charge in [-0.1, -0.05) is 30.3 Å². The van der Waals surface area contributed by atoms with E-state index in [1.807, 2.05) is 37.3 Å². The fourth-order valence-electron chi connectivity index (χ4n) is 2.31. The van der Waals surface area contributed by atoms with Crippen molar-refractivity contribution in [3.05, 3.63) is 47.7 Å². The van der Waals surface area contributed by atoms with Crippen LogP contribution in [0.1, 0.15) is 32.3 Å². The molecule has 0 bridgehead atoms. The molecule has 0 saturated carbocycles. The fraction of sp³-hybridized carbons (Fsp3) is 0.444. The van der Waals surface area contributed by atoms with Gasteiger partial charge >= 0.3 is 5.97 Å². The average Bonchev–Trinajstić information content (AvgIpc) is 2.53. The highest BCUT2D eigenvalue weighted by Gasteiger charge is 2.36. The number of carbonyl (C=O) groups excluding carboxylic acids is 2. The molecule has 1 aromatic rings. The Morgan fingerprint density at radius 3 is 2.70 bits per heavy atom. The minimum Gasteiger partial charge on any atom is -0.494 e. The van der Waals surface area contributed by atoms with Gasteiger partial charge < -0.3 is 14.2 Å². The molecule has 1 atom stereocenters. The standard InChI is InChI=1S/C18H22O5/c1-3-22-17(20)15-13-23-18(2,11-16(15)19)9-10-21-12-14-7-5-4-6-8-14/h4-8,13H,3,9-12H2,1-2H3. The maximum absolute atomic E-state index is 12.1. The van der Waals surface area contributed by atoms with Crippen LogP contribution in [0, 0.1) is 0 Å². The van der Waals surface area contributed by atoms with E-state index in [2.05, 4.69) is 0 Å². The molecule has 1 aliphatic heterocycles. The minimum absolute atomic E-state index is 0.0190. The average molecular weight is 318 g/mol. The van der Waals surface area contributed by atoms with Crippen LogP contribution in [0.25, 0.3) is 0 Å². The number of benzene rings is 1. The number of ketones is 1. The van der Waals surface area contributed by atoms with Crippen molar-refractivity contribution in [1.29, 1.82) is 0 Å². The zero-order valence-electron chi connectivity index (χ0n) is 13.5. The molecule has 5 nitrogen and oxygen atoms in total. The monoisotopic (exact) mass is 318 g/mol. The van der Waals surface area contributed by atoms with Gasteiger partial charge in [0.1, 0.15) is 17.4 Å². The second-order valence-corrected chi connectivity index (χ2v) is 5.71. The third-order valence-electron chi connectivity index (χ3n) is 3.68. The first kappa shape index (κ1) is 17.2. The molecule has 0 N–H and O–H groups in total. The van der Waals surface area contributed by atoms with Crippen molar-refractivity contribution in [2.24, 2.45) is 0 Å². The first-order valence-electron chi connectivity index (χ1n) is 7.74. The Balaban J connectivity index is 1.82. The van der Waals surface area contributed by atoms with E-state index in [9.17, 15) is 9.59 Å². The summed E-state index contributed by atoms with van der Waals surface area (Å²) in [6, 6.07) is 9.88. The summed E-state index contributed by atoms with van der Waals surface area (Å²) < 4.78 is 16.1. The third-order valence-corrected chi connectivity index (χ3v) is 3.68. The van der Waals surface area contributed by atoms with E-state index in [4.69, 9.17) is 14.2 Å². The van der Waals surface area contributed by atoms with Crippen LogP contribution < -0.4 is 0 Å². The fourth-order valence-corrected chi connectivity index (χ4v) is 2.31. The van der Waals surface area contributed by atoms with E-state index >= 15 is 0 Å². The van der Waals surface area contributed by atoms with Crippen LogP contribution >= 0.6 is 0 Å². The van der Waals surface area contributed by atoms with Crippen molar-refractivity contribution < 1.29 is 23.8 Å². The quantitative estimate of drug-likeness (QED) is 0.439. The summed E-state index contributed by atoms with van der Waals surface area (Å²) in [5.74, 6) is -0.875. The number of esters is 1. The Morgan fingerprint density at radius 1 is 1.30 bits per heavy atom. The molecular weight excluding hydrogens is 296 g/mol. The van der Waals surface area contributed by atoms with Gasteiger partial charge in [0.15, 0.2) is 5.78 Å². The van der Waals surface area contributed by atoms with Gasteiger partial charge in [-0.3, -0.25) is 4.79 Å². The number of ether oxygens (including phenoxy) is 3. The molecule has 0 amide bonds. The van der Waals surface area contributed by atoms with Crippen LogP contribution in [-0.2, 0) is 30.4 Å². The molecule has 2 rings (SSSR count). The summed E-state index contributed by atoms with van der Waals surface area (Å²) in [7, 11) is 0. The van der Waals surface area contributed by atoms with E-state index in [1.54, 1.807) is 6.92 Å². The highest BCUT2D eigenvalue weighted by atomic mass is 16.5. The SMILES string of the molecule is CCOC(=O)C1=COC(C)(CCOCc2ccccc2)CC1=O. The van der Waals surface area contributed by atoms with E-state index in [0.717, 1.165) is 5.56 Å². The summed E-state index contributed by atoms with van der Waals surface area (Å²) in [4.78, 5) is 23.7. The van der Waals surface area contributed by atoms with E-state index in [-0.39, 0.29) is 24.4 Å². The summed E-state index contributed by atoms with van der Waals surface area (Å²) in [6.07, 6.45) is 1.94. The lowest BCUT2D eigenvalue weighted by atomic mass is 9.91. The lowest BCUT2D eigenvalue weighted by molar-refractivity contribution is -0.142. The topological polar surface area (TPSA) is 61.8 Å². The predicted octanol–water partition coefficient (Wildman–Crippen LogP) is 2.79. The Morgan fingerprint density at radius 2 is 2.04 bits per heavy atom. The normalized spacial score (nSPS) is 20.6. The van der Waals surface area contributed by atoms with Gasteiger partial charge in [0.05, 0.1) is 26.2 Å². The number of hydrogen-bond donors (Lipinski definition) is 0. The van der Waals surface area contributed by atoms with E-state index < -0.39 is 11.6 Å². The van der Waals surface area contributed by atoms with Gasteiger partial charge in [-0.05, 0) is 19.4 Å². The van der Waals surface area contributed by atoms with Crippen molar-refractivity contribution >= 4 is 11.8 Å². The lowest BCUT2D eigenvalue weighted by Crippen LogP contribution is -2.37. The molecule has 23 heavy (non-hydrogen) atoms. The van der Waals surface area contributed by atoms with Crippen molar-refractivity contribution in [1.82, 2.24) is 0 Å². The first-order chi connectivity index (χ1) is 11.0. The van der Waals surface area contributed by atoms with Crippen molar-refractivity contribution in [2.75, 3.05) is 13.2 Å². The lowest BCUT2D eigenvalue weighted by Gasteiger charge is -2.32. The van der Waals surface area contributed by atoms with Gasteiger partial charge in [-0.2, -0.15) is 0 Å². The van der Waals surface area contributed by atoms with Crippen LogP contribution in [0.2, 0.25) is 0 Å². The van der Waals surface area contributed by atoms with Crippen molar-refractivity contribution in [2.45, 2.75) is 38.9 Å². The van der Waals surface area contributed by atoms with Crippen LogP contribution in [-0.4, -0.2) is 30.6 Å². The molecule has 1 aromatic carbocycles. The zero-order chi connectivity index (χ0) is 16.7. The molecule has 124 valence electrons. The molecule has 0 aromatic heterocycles. The van der Waals surface area contributed by atoms with Crippen molar-refractivity contribution in [3.8, 4) is 0 Å². The predicted molar refractivity (Wildman–Crippen MR) is 84.5 cm³/mol. The minimum atomic E-state index is -0.649. The number of Topliss-reactive ketones (excluding diaryl/α,β-unsaturated/α-hetero) is 1. The summed E-state index contributed by atoms with van der Waals surface area (Å²) in [5, 5.41) is 0. The molecule has 0 saturated heterocycles. The van der Waals surface area contributed by atoms with Gasteiger partial charge in [-0.15, -0.1) is 0 Å². The maximum atomic E-state index is 12.1. The largest absolute Gasteiger partial charge is 0.494 e. The molecule has 5 heteroatoms. The second-order valence-electron chi connectivity index (χ2n) is 5.71. The van der Waals surface area contributed by atoms with Gasteiger partial charge in [0.25, 0.3) is 0 Å². The van der Waals surface area contributed by atoms with Gasteiger partial charge in [0, 0.05) is 6.42 Å². The maximum Gasteiger partial charge on any atom is 0.344 e. The van der Waals surface area contributed by atoms with Crippen LogP contribution in [0.4, 0.5) is 0 Å². The first-order valence-corrected chi connectivity index (χ1v) is 7.74. The highest BCUT2D eigenvalue weighted by molar-refractivity contribution is 6.17. The molecule has 0 spiro atoms. The smallest absolute Gasteiger partial charge is 0.344 e. The second kappa shape index (κ2) is 7.92. The third kappa shape index (κ3) is 4.93. The molecular formula is C18H22O5. The molecule has 1 heterocycles. The van der Waals surface area contributed by atoms with Crippen molar-refractivity contribution in [3.63, 3.8) is 0 Å².